The summed E-state index contributed by atoms with van der Waals surface area (Å²) >= 11 is 0. The molecular formula is C22H34N4O2. The number of aryl methyl sites for hydroxylation is 3. The largest absolute Gasteiger partial charge is 0.493 e. The minimum atomic E-state index is 0.276. The standard InChI is InChI=1S/C22H34N4O2/c1-7-11-27-20-12-15(3)9-10-19(20)14-25-22(23-8-2)24-13-16(4)21-17(5)26-28-18(21)6/h9-10,12,16H,7-8,11,13-14H2,1-6H3,(H2,23,24,25). The molecule has 0 aliphatic heterocycles. The first-order valence-corrected chi connectivity index (χ1v) is 10.1. The highest BCUT2D eigenvalue weighted by atomic mass is 16.5. The van der Waals surface area contributed by atoms with E-state index in [2.05, 4.69) is 61.7 Å². The third-order valence-electron chi connectivity index (χ3n) is 4.59. The van der Waals surface area contributed by atoms with Crippen molar-refractivity contribution >= 4 is 5.96 Å². The first-order valence-electron chi connectivity index (χ1n) is 10.1. The van der Waals surface area contributed by atoms with Crippen molar-refractivity contribution in [1.82, 2.24) is 15.8 Å². The third-order valence-corrected chi connectivity index (χ3v) is 4.59. The SMILES string of the molecule is CCCOc1cc(C)ccc1CN=C(NCC)NCC(C)c1c(C)noc1C. The van der Waals surface area contributed by atoms with Gasteiger partial charge < -0.3 is 19.9 Å². The number of rotatable bonds is 9. The van der Waals surface area contributed by atoms with E-state index in [1.807, 2.05) is 13.8 Å². The van der Waals surface area contributed by atoms with Crippen LogP contribution in [0.3, 0.4) is 0 Å². The zero-order valence-corrected chi connectivity index (χ0v) is 18.1. The molecule has 2 N–H and O–H groups in total. The van der Waals surface area contributed by atoms with Crippen molar-refractivity contribution in [3.63, 3.8) is 0 Å². The number of nitrogens with zero attached hydrogens (tertiary/aromatic N) is 2. The molecule has 0 radical (unpaired) electrons. The second-order valence-corrected chi connectivity index (χ2v) is 7.17. The number of hydrogen-bond donors (Lipinski definition) is 2. The van der Waals surface area contributed by atoms with Gasteiger partial charge in [-0.05, 0) is 45.7 Å². The number of nitrogens with one attached hydrogen (secondary N) is 2. The van der Waals surface area contributed by atoms with E-state index in [-0.39, 0.29) is 5.92 Å². The van der Waals surface area contributed by atoms with E-state index < -0.39 is 0 Å². The Balaban J connectivity index is 2.06. The summed E-state index contributed by atoms with van der Waals surface area (Å²) in [6.45, 7) is 15.2. The van der Waals surface area contributed by atoms with E-state index in [1.54, 1.807) is 0 Å². The fraction of sp³-hybridized carbons (Fsp3) is 0.545. The van der Waals surface area contributed by atoms with Gasteiger partial charge in [0.1, 0.15) is 11.5 Å². The van der Waals surface area contributed by atoms with Gasteiger partial charge in [-0.3, -0.25) is 0 Å². The first kappa shape index (κ1) is 21.8. The van der Waals surface area contributed by atoms with Crippen molar-refractivity contribution in [3.8, 4) is 5.75 Å². The molecule has 0 aliphatic carbocycles. The molecule has 2 aromatic rings. The maximum Gasteiger partial charge on any atom is 0.191 e. The van der Waals surface area contributed by atoms with Gasteiger partial charge in [0, 0.05) is 30.1 Å². The predicted octanol–water partition coefficient (Wildman–Crippen LogP) is 4.25. The Kier molecular flexibility index (Phi) is 8.36. The monoisotopic (exact) mass is 386 g/mol. The average molecular weight is 387 g/mol. The maximum atomic E-state index is 5.91. The molecule has 2 rings (SSSR count). The molecule has 0 bridgehead atoms. The highest BCUT2D eigenvalue weighted by Crippen LogP contribution is 2.23. The van der Waals surface area contributed by atoms with Crippen LogP contribution in [0.5, 0.6) is 5.75 Å². The molecule has 28 heavy (non-hydrogen) atoms. The molecule has 6 nitrogen and oxygen atoms in total. The Morgan fingerprint density at radius 2 is 2.00 bits per heavy atom. The normalized spacial score (nSPS) is 12.7. The minimum Gasteiger partial charge on any atom is -0.493 e. The van der Waals surface area contributed by atoms with E-state index in [1.165, 1.54) is 5.56 Å². The summed E-state index contributed by atoms with van der Waals surface area (Å²) in [5.41, 5.74) is 4.40. The Hall–Kier alpha value is -2.50. The van der Waals surface area contributed by atoms with Crippen LogP contribution in [-0.4, -0.2) is 30.8 Å². The number of guanidine groups is 1. The van der Waals surface area contributed by atoms with E-state index in [4.69, 9.17) is 14.3 Å². The van der Waals surface area contributed by atoms with E-state index in [9.17, 15) is 0 Å². The molecule has 1 unspecified atom stereocenters. The van der Waals surface area contributed by atoms with Crippen LogP contribution >= 0.6 is 0 Å². The van der Waals surface area contributed by atoms with E-state index in [0.29, 0.717) is 13.2 Å². The summed E-state index contributed by atoms with van der Waals surface area (Å²) in [6, 6.07) is 6.28. The van der Waals surface area contributed by atoms with Gasteiger partial charge in [0.25, 0.3) is 0 Å². The molecule has 1 aromatic heterocycles. The van der Waals surface area contributed by atoms with Gasteiger partial charge in [0.15, 0.2) is 5.96 Å². The maximum absolute atomic E-state index is 5.91. The highest BCUT2D eigenvalue weighted by Gasteiger charge is 2.16. The number of benzene rings is 1. The van der Waals surface area contributed by atoms with Crippen LogP contribution < -0.4 is 15.4 Å². The number of ether oxygens (including phenoxy) is 1. The highest BCUT2D eigenvalue weighted by molar-refractivity contribution is 5.79. The summed E-state index contributed by atoms with van der Waals surface area (Å²) in [5.74, 6) is 2.87. The van der Waals surface area contributed by atoms with Crippen LogP contribution in [-0.2, 0) is 6.54 Å². The lowest BCUT2D eigenvalue weighted by atomic mass is 10.00. The zero-order valence-electron chi connectivity index (χ0n) is 18.1. The molecule has 154 valence electrons. The molecule has 1 aromatic carbocycles. The van der Waals surface area contributed by atoms with Crippen LogP contribution in [0.2, 0.25) is 0 Å². The molecule has 0 amide bonds. The fourth-order valence-electron chi connectivity index (χ4n) is 3.19. The van der Waals surface area contributed by atoms with E-state index in [0.717, 1.165) is 53.8 Å². The third kappa shape index (κ3) is 6.01. The minimum absolute atomic E-state index is 0.276. The smallest absolute Gasteiger partial charge is 0.191 e. The molecule has 0 saturated carbocycles. The summed E-state index contributed by atoms with van der Waals surface area (Å²) in [7, 11) is 0. The molecule has 0 spiro atoms. The summed E-state index contributed by atoms with van der Waals surface area (Å²) < 4.78 is 11.2. The van der Waals surface area contributed by atoms with E-state index >= 15 is 0 Å². The summed E-state index contributed by atoms with van der Waals surface area (Å²) in [6.07, 6.45) is 0.987. The van der Waals surface area contributed by atoms with Gasteiger partial charge in [-0.2, -0.15) is 0 Å². The van der Waals surface area contributed by atoms with Gasteiger partial charge >= 0.3 is 0 Å². The average Bonchev–Trinajstić information content (AvgIpc) is 3.01. The van der Waals surface area contributed by atoms with Gasteiger partial charge in [0.05, 0.1) is 18.8 Å². The van der Waals surface area contributed by atoms with Crippen molar-refractivity contribution in [3.05, 3.63) is 46.3 Å². The quantitative estimate of drug-likeness (QED) is 0.498. The first-order chi connectivity index (χ1) is 13.5. The lowest BCUT2D eigenvalue weighted by molar-refractivity contribution is 0.314. The Morgan fingerprint density at radius 3 is 2.64 bits per heavy atom. The lowest BCUT2D eigenvalue weighted by Gasteiger charge is -2.16. The van der Waals surface area contributed by atoms with Gasteiger partial charge in [-0.15, -0.1) is 0 Å². The number of aromatic nitrogens is 1. The van der Waals surface area contributed by atoms with Crippen LogP contribution in [0.4, 0.5) is 0 Å². The van der Waals surface area contributed by atoms with Crippen LogP contribution in [0.15, 0.2) is 27.7 Å². The van der Waals surface area contributed by atoms with Gasteiger partial charge in [-0.1, -0.05) is 31.1 Å². The molecule has 0 fully saturated rings. The molecule has 1 atom stereocenters. The second-order valence-electron chi connectivity index (χ2n) is 7.17. The van der Waals surface area contributed by atoms with Crippen molar-refractivity contribution in [2.45, 2.75) is 60.4 Å². The van der Waals surface area contributed by atoms with Gasteiger partial charge in [0.2, 0.25) is 0 Å². The van der Waals surface area contributed by atoms with Crippen molar-refractivity contribution in [2.24, 2.45) is 4.99 Å². The number of hydrogen-bond acceptors (Lipinski definition) is 4. The number of aliphatic imine (C=N–C) groups is 1. The van der Waals surface area contributed by atoms with Crippen molar-refractivity contribution in [2.75, 3.05) is 19.7 Å². The molecule has 1 heterocycles. The van der Waals surface area contributed by atoms with Crippen LogP contribution in [0.1, 0.15) is 61.3 Å². The molecule has 0 saturated heterocycles. The Labute approximate surface area is 168 Å². The molecule has 6 heteroatoms. The molecular weight excluding hydrogens is 352 g/mol. The fourth-order valence-corrected chi connectivity index (χ4v) is 3.19. The molecule has 0 aliphatic rings. The Morgan fingerprint density at radius 1 is 1.21 bits per heavy atom. The summed E-state index contributed by atoms with van der Waals surface area (Å²) in [5, 5.41) is 10.8. The second kappa shape index (κ2) is 10.7. The topological polar surface area (TPSA) is 71.7 Å². The zero-order chi connectivity index (χ0) is 20.5. The van der Waals surface area contributed by atoms with Crippen molar-refractivity contribution < 1.29 is 9.26 Å². The van der Waals surface area contributed by atoms with Crippen LogP contribution in [0.25, 0.3) is 0 Å². The summed E-state index contributed by atoms with van der Waals surface area (Å²) in [4.78, 5) is 4.76. The van der Waals surface area contributed by atoms with Crippen LogP contribution in [0, 0.1) is 20.8 Å². The Bertz CT molecular complexity index is 763. The van der Waals surface area contributed by atoms with Crippen molar-refractivity contribution in [1.29, 1.82) is 0 Å². The van der Waals surface area contributed by atoms with Gasteiger partial charge in [-0.25, -0.2) is 4.99 Å². The predicted molar refractivity (Wildman–Crippen MR) is 114 cm³/mol. The lowest BCUT2D eigenvalue weighted by Crippen LogP contribution is -2.39.